The molecule has 124 valence electrons. The Labute approximate surface area is 138 Å². The maximum absolute atomic E-state index is 11.8. The van der Waals surface area contributed by atoms with Crippen molar-refractivity contribution in [2.45, 2.75) is 32.1 Å². The van der Waals surface area contributed by atoms with E-state index in [1.54, 1.807) is 24.3 Å². The summed E-state index contributed by atoms with van der Waals surface area (Å²) in [6.07, 6.45) is 6.22. The number of para-hydroxylation sites is 1. The average Bonchev–Trinajstić information content (AvgIpc) is 2.86. The van der Waals surface area contributed by atoms with Crippen molar-refractivity contribution >= 4 is 5.91 Å². The summed E-state index contributed by atoms with van der Waals surface area (Å²) >= 11 is 0. The molecule has 1 amide bonds. The predicted molar refractivity (Wildman–Crippen MR) is 89.2 cm³/mol. The number of hydrogen-bond acceptors (Lipinski definition) is 4. The molecule has 0 bridgehead atoms. The van der Waals surface area contributed by atoms with Gasteiger partial charge in [0.2, 0.25) is 0 Å². The van der Waals surface area contributed by atoms with E-state index in [1.165, 1.54) is 38.8 Å². The van der Waals surface area contributed by atoms with Crippen LogP contribution < -0.4 is 10.1 Å². The van der Waals surface area contributed by atoms with Gasteiger partial charge in [-0.2, -0.15) is 5.26 Å². The molecule has 0 radical (unpaired) electrons. The average molecular weight is 315 g/mol. The number of carbonyl (C=O) groups is 1. The van der Waals surface area contributed by atoms with Gasteiger partial charge in [-0.15, -0.1) is 0 Å². The quantitative estimate of drug-likeness (QED) is 0.784. The van der Waals surface area contributed by atoms with Crippen molar-refractivity contribution < 1.29 is 9.53 Å². The summed E-state index contributed by atoms with van der Waals surface area (Å²) in [6.45, 7) is 4.02. The second kappa shape index (κ2) is 9.86. The Morgan fingerprint density at radius 2 is 1.96 bits per heavy atom. The highest BCUT2D eigenvalue weighted by molar-refractivity contribution is 5.77. The molecular weight excluding hydrogens is 290 g/mol. The Kier molecular flexibility index (Phi) is 7.41. The number of hydrogen-bond donors (Lipinski definition) is 1. The van der Waals surface area contributed by atoms with Gasteiger partial charge in [0.15, 0.2) is 6.61 Å². The molecule has 0 saturated carbocycles. The van der Waals surface area contributed by atoms with Gasteiger partial charge in [-0.05, 0) is 51.0 Å². The summed E-state index contributed by atoms with van der Waals surface area (Å²) in [6, 6.07) is 8.98. The molecule has 2 rings (SSSR count). The van der Waals surface area contributed by atoms with Crippen LogP contribution >= 0.6 is 0 Å². The maximum Gasteiger partial charge on any atom is 0.257 e. The fraction of sp³-hybridized carbons (Fsp3) is 0.556. The number of amides is 1. The lowest BCUT2D eigenvalue weighted by atomic mass is 10.2. The van der Waals surface area contributed by atoms with E-state index in [9.17, 15) is 4.79 Å². The normalized spacial score (nSPS) is 15.4. The van der Waals surface area contributed by atoms with E-state index in [1.807, 2.05) is 0 Å². The van der Waals surface area contributed by atoms with E-state index in [2.05, 4.69) is 16.3 Å². The van der Waals surface area contributed by atoms with Crippen LogP contribution in [0.25, 0.3) is 0 Å². The van der Waals surface area contributed by atoms with Gasteiger partial charge in [-0.25, -0.2) is 0 Å². The Balaban J connectivity index is 1.61. The monoisotopic (exact) mass is 315 g/mol. The summed E-state index contributed by atoms with van der Waals surface area (Å²) in [5.41, 5.74) is 0.446. The number of nitrogens with one attached hydrogen (secondary N) is 1. The Morgan fingerprint density at radius 1 is 1.22 bits per heavy atom. The zero-order valence-corrected chi connectivity index (χ0v) is 13.6. The van der Waals surface area contributed by atoms with Gasteiger partial charge in [0, 0.05) is 6.54 Å². The summed E-state index contributed by atoms with van der Waals surface area (Å²) < 4.78 is 5.41. The molecule has 1 aromatic carbocycles. The van der Waals surface area contributed by atoms with Gasteiger partial charge in [-0.1, -0.05) is 25.0 Å². The van der Waals surface area contributed by atoms with Gasteiger partial charge in [0.05, 0.1) is 5.56 Å². The number of nitrogens with zero attached hydrogens (tertiary/aromatic N) is 2. The van der Waals surface area contributed by atoms with Crippen molar-refractivity contribution in [3.63, 3.8) is 0 Å². The fourth-order valence-corrected chi connectivity index (χ4v) is 2.77. The lowest BCUT2D eigenvalue weighted by molar-refractivity contribution is -0.123. The Morgan fingerprint density at radius 3 is 2.70 bits per heavy atom. The largest absolute Gasteiger partial charge is 0.482 e. The summed E-state index contributed by atoms with van der Waals surface area (Å²) in [7, 11) is 0. The third-order valence-corrected chi connectivity index (χ3v) is 4.04. The van der Waals surface area contributed by atoms with Crippen molar-refractivity contribution in [3.05, 3.63) is 29.8 Å². The first kappa shape index (κ1) is 17.3. The Hall–Kier alpha value is -2.06. The minimum atomic E-state index is -0.145. The van der Waals surface area contributed by atoms with Crippen molar-refractivity contribution in [1.82, 2.24) is 10.2 Å². The highest BCUT2D eigenvalue weighted by atomic mass is 16.5. The molecule has 1 N–H and O–H groups in total. The molecule has 1 saturated heterocycles. The van der Waals surface area contributed by atoms with Crippen LogP contribution in [0.2, 0.25) is 0 Å². The summed E-state index contributed by atoms with van der Waals surface area (Å²) in [5.74, 6) is 0.309. The molecular formula is C18H25N3O2. The standard InChI is InChI=1S/C18H25N3O2/c19-14-16-8-3-4-9-17(16)23-15-18(22)20-10-7-13-21-11-5-1-2-6-12-21/h3-4,8-9H,1-2,5-7,10-13,15H2,(H,20,22). The van der Waals surface area contributed by atoms with Crippen molar-refractivity contribution in [2.24, 2.45) is 0 Å². The molecule has 0 unspecified atom stereocenters. The first-order chi connectivity index (χ1) is 11.3. The maximum atomic E-state index is 11.8. The van der Waals surface area contributed by atoms with Crippen LogP contribution in [-0.2, 0) is 4.79 Å². The van der Waals surface area contributed by atoms with Crippen molar-refractivity contribution in [2.75, 3.05) is 32.8 Å². The zero-order chi connectivity index (χ0) is 16.3. The van der Waals surface area contributed by atoms with E-state index in [0.717, 1.165) is 13.0 Å². The zero-order valence-electron chi connectivity index (χ0n) is 13.6. The van der Waals surface area contributed by atoms with Crippen LogP contribution in [0, 0.1) is 11.3 Å². The summed E-state index contributed by atoms with van der Waals surface area (Å²) in [5, 5.41) is 11.8. The molecule has 23 heavy (non-hydrogen) atoms. The van der Waals surface area contributed by atoms with E-state index in [4.69, 9.17) is 10.00 Å². The van der Waals surface area contributed by atoms with Gasteiger partial charge in [-0.3, -0.25) is 4.79 Å². The number of rotatable bonds is 7. The first-order valence-electron chi connectivity index (χ1n) is 8.40. The van der Waals surface area contributed by atoms with Gasteiger partial charge >= 0.3 is 0 Å². The van der Waals surface area contributed by atoms with E-state index in [-0.39, 0.29) is 12.5 Å². The molecule has 1 fully saturated rings. The minimum absolute atomic E-state index is 0.0532. The van der Waals surface area contributed by atoms with Gasteiger partial charge in [0.25, 0.3) is 5.91 Å². The molecule has 0 spiro atoms. The van der Waals surface area contributed by atoms with Gasteiger partial charge in [0.1, 0.15) is 11.8 Å². The smallest absolute Gasteiger partial charge is 0.257 e. The molecule has 5 heteroatoms. The van der Waals surface area contributed by atoms with E-state index < -0.39 is 0 Å². The van der Waals surface area contributed by atoms with E-state index in [0.29, 0.717) is 17.9 Å². The lowest BCUT2D eigenvalue weighted by Gasteiger charge is -2.19. The number of benzene rings is 1. The topological polar surface area (TPSA) is 65.4 Å². The van der Waals surface area contributed by atoms with Crippen LogP contribution in [0.15, 0.2) is 24.3 Å². The predicted octanol–water partition coefficient (Wildman–Crippen LogP) is 2.32. The second-order valence-electron chi connectivity index (χ2n) is 5.86. The van der Waals surface area contributed by atoms with Crippen molar-refractivity contribution in [3.8, 4) is 11.8 Å². The van der Waals surface area contributed by atoms with Crippen LogP contribution in [0.3, 0.4) is 0 Å². The van der Waals surface area contributed by atoms with Crippen molar-refractivity contribution in [1.29, 1.82) is 5.26 Å². The fourth-order valence-electron chi connectivity index (χ4n) is 2.77. The Bertz CT molecular complexity index is 531. The molecule has 0 atom stereocenters. The number of ether oxygens (including phenoxy) is 1. The molecule has 5 nitrogen and oxygen atoms in total. The number of likely N-dealkylation sites (tertiary alicyclic amines) is 1. The summed E-state index contributed by atoms with van der Waals surface area (Å²) in [4.78, 5) is 14.3. The third-order valence-electron chi connectivity index (χ3n) is 4.04. The molecule has 1 aliphatic rings. The second-order valence-corrected chi connectivity index (χ2v) is 5.86. The van der Waals surface area contributed by atoms with E-state index >= 15 is 0 Å². The third kappa shape index (κ3) is 6.29. The minimum Gasteiger partial charge on any atom is -0.482 e. The SMILES string of the molecule is N#Cc1ccccc1OCC(=O)NCCCN1CCCCCC1. The van der Waals surface area contributed by atoms with Crippen LogP contribution in [0.5, 0.6) is 5.75 Å². The molecule has 1 aromatic rings. The highest BCUT2D eigenvalue weighted by Crippen LogP contribution is 2.16. The van der Waals surface area contributed by atoms with Gasteiger partial charge < -0.3 is 15.0 Å². The molecule has 0 aliphatic carbocycles. The van der Waals surface area contributed by atoms with Crippen LogP contribution in [0.4, 0.5) is 0 Å². The van der Waals surface area contributed by atoms with Crippen LogP contribution in [0.1, 0.15) is 37.7 Å². The first-order valence-corrected chi connectivity index (χ1v) is 8.40. The highest BCUT2D eigenvalue weighted by Gasteiger charge is 2.09. The van der Waals surface area contributed by atoms with Crippen LogP contribution in [-0.4, -0.2) is 43.6 Å². The molecule has 1 heterocycles. The number of nitriles is 1. The molecule has 0 aromatic heterocycles. The molecule has 1 aliphatic heterocycles. The lowest BCUT2D eigenvalue weighted by Crippen LogP contribution is -2.33. The number of carbonyl (C=O) groups excluding carboxylic acids is 1.